The summed E-state index contributed by atoms with van der Waals surface area (Å²) in [6.45, 7) is 5.58. The lowest BCUT2D eigenvalue weighted by atomic mass is 9.99. The van der Waals surface area contributed by atoms with E-state index in [4.69, 9.17) is 4.74 Å². The van der Waals surface area contributed by atoms with E-state index in [9.17, 15) is 4.79 Å². The summed E-state index contributed by atoms with van der Waals surface area (Å²) in [7, 11) is 0. The first-order chi connectivity index (χ1) is 19.2. The number of unbranched alkanes of at least 4 members (excludes halogenated alkanes) is 9. The van der Waals surface area contributed by atoms with Gasteiger partial charge in [0.1, 0.15) is 5.75 Å². The van der Waals surface area contributed by atoms with Gasteiger partial charge in [-0.25, -0.2) is 0 Å². The molecule has 0 spiro atoms. The van der Waals surface area contributed by atoms with Crippen molar-refractivity contribution in [1.82, 2.24) is 9.88 Å². The molecule has 0 aliphatic carbocycles. The second-order valence-corrected chi connectivity index (χ2v) is 11.2. The van der Waals surface area contributed by atoms with Crippen molar-refractivity contribution in [2.24, 2.45) is 0 Å². The van der Waals surface area contributed by atoms with E-state index in [-0.39, 0.29) is 5.97 Å². The summed E-state index contributed by atoms with van der Waals surface area (Å²) in [5.41, 5.74) is 5.27. The van der Waals surface area contributed by atoms with Crippen molar-refractivity contribution in [2.75, 3.05) is 19.6 Å². The Kier molecular flexibility index (Phi) is 12.2. The summed E-state index contributed by atoms with van der Waals surface area (Å²) in [4.78, 5) is 18.4. The lowest BCUT2D eigenvalue weighted by Gasteiger charge is -2.26. The van der Waals surface area contributed by atoms with Crippen LogP contribution in [0, 0.1) is 0 Å². The van der Waals surface area contributed by atoms with Crippen LogP contribution >= 0.6 is 0 Å². The largest absolute Gasteiger partial charge is 0.427 e. The number of fused-ring (bicyclic) bond motifs is 1. The van der Waals surface area contributed by atoms with Crippen LogP contribution in [-0.2, 0) is 11.2 Å². The number of rotatable bonds is 17. The predicted octanol–water partition coefficient (Wildman–Crippen LogP) is 9.11. The van der Waals surface area contributed by atoms with Crippen molar-refractivity contribution < 1.29 is 9.53 Å². The first-order valence-corrected chi connectivity index (χ1v) is 15.5. The van der Waals surface area contributed by atoms with Crippen LogP contribution < -0.4 is 4.74 Å². The third-order valence-electron chi connectivity index (χ3n) is 8.06. The molecule has 2 aromatic carbocycles. The highest BCUT2D eigenvalue weighted by Gasteiger charge is 2.13. The summed E-state index contributed by atoms with van der Waals surface area (Å²) in [5.74, 6) is 0.555. The maximum atomic E-state index is 12.4. The van der Waals surface area contributed by atoms with E-state index in [2.05, 4.69) is 59.4 Å². The smallest absolute Gasteiger partial charge is 0.311 e. The van der Waals surface area contributed by atoms with Crippen LogP contribution in [0.15, 0.2) is 60.8 Å². The second kappa shape index (κ2) is 16.3. The van der Waals surface area contributed by atoms with Crippen molar-refractivity contribution in [3.8, 4) is 5.75 Å². The molecule has 0 amide bonds. The number of H-pyrrole nitrogens is 1. The number of hydrogen-bond acceptors (Lipinski definition) is 3. The molecule has 2 heterocycles. The molecule has 0 saturated carbocycles. The van der Waals surface area contributed by atoms with Gasteiger partial charge in [0.05, 0.1) is 0 Å². The van der Waals surface area contributed by atoms with Crippen LogP contribution in [-0.4, -0.2) is 35.5 Å². The molecule has 0 saturated heterocycles. The average molecular weight is 529 g/mol. The first kappa shape index (κ1) is 29.1. The van der Waals surface area contributed by atoms with E-state index < -0.39 is 0 Å². The number of aryl methyl sites for hydroxylation is 1. The van der Waals surface area contributed by atoms with Crippen LogP contribution in [0.1, 0.15) is 102 Å². The van der Waals surface area contributed by atoms with Gasteiger partial charge >= 0.3 is 5.97 Å². The van der Waals surface area contributed by atoms with E-state index in [1.165, 1.54) is 73.5 Å². The van der Waals surface area contributed by atoms with Gasteiger partial charge in [-0.3, -0.25) is 9.69 Å². The normalized spacial score (nSPS) is 14.0. The summed E-state index contributed by atoms with van der Waals surface area (Å²) in [6, 6.07) is 16.7. The zero-order valence-corrected chi connectivity index (χ0v) is 24.1. The van der Waals surface area contributed by atoms with Gasteiger partial charge in [-0.15, -0.1) is 0 Å². The highest BCUT2D eigenvalue weighted by atomic mass is 16.5. The SMILES string of the molecule is CCCCCCCCCCCC(=O)Oc1ccc2[nH]cc(CCCCN3CC=C(c4ccccc4)CC3)c2c1. The average Bonchev–Trinajstić information content (AvgIpc) is 3.37. The first-order valence-electron chi connectivity index (χ1n) is 15.5. The number of carbonyl (C=O) groups is 1. The van der Waals surface area contributed by atoms with Gasteiger partial charge in [-0.2, -0.15) is 0 Å². The Morgan fingerprint density at radius 2 is 1.67 bits per heavy atom. The molecule has 1 aromatic heterocycles. The Morgan fingerprint density at radius 1 is 0.897 bits per heavy atom. The van der Waals surface area contributed by atoms with Crippen LogP contribution in [0.5, 0.6) is 5.75 Å². The number of aromatic amines is 1. The van der Waals surface area contributed by atoms with E-state index in [1.54, 1.807) is 0 Å². The van der Waals surface area contributed by atoms with Gasteiger partial charge in [0.15, 0.2) is 0 Å². The highest BCUT2D eigenvalue weighted by Crippen LogP contribution is 2.26. The van der Waals surface area contributed by atoms with Crippen LogP contribution in [0.3, 0.4) is 0 Å². The number of aromatic nitrogens is 1. The van der Waals surface area contributed by atoms with Crippen molar-refractivity contribution in [3.63, 3.8) is 0 Å². The topological polar surface area (TPSA) is 45.3 Å². The van der Waals surface area contributed by atoms with E-state index in [0.29, 0.717) is 12.2 Å². The number of ether oxygens (including phenoxy) is 1. The third-order valence-corrected chi connectivity index (χ3v) is 8.06. The standard InChI is InChI=1S/C35H48N2O2/c1-2-3-4-5-6-7-8-9-13-19-35(38)39-32-20-21-34-33(27-32)31(28-36-34)18-14-15-24-37-25-22-30(23-26-37)29-16-11-10-12-17-29/h10-12,16-17,20-22,27-28,36H,2-9,13-15,18-19,23-26H2,1H3. The fraction of sp³-hybridized carbons (Fsp3) is 0.514. The Morgan fingerprint density at radius 3 is 2.41 bits per heavy atom. The van der Waals surface area contributed by atoms with E-state index >= 15 is 0 Å². The molecule has 0 atom stereocenters. The van der Waals surface area contributed by atoms with Crippen LogP contribution in [0.2, 0.25) is 0 Å². The van der Waals surface area contributed by atoms with Crippen LogP contribution in [0.25, 0.3) is 16.5 Å². The number of esters is 1. The summed E-state index contributed by atoms with van der Waals surface area (Å²) in [6.07, 6.45) is 20.8. The van der Waals surface area contributed by atoms with Gasteiger partial charge < -0.3 is 9.72 Å². The molecule has 39 heavy (non-hydrogen) atoms. The fourth-order valence-corrected chi connectivity index (χ4v) is 5.67. The predicted molar refractivity (Wildman–Crippen MR) is 164 cm³/mol. The molecule has 4 nitrogen and oxygen atoms in total. The molecule has 3 aromatic rings. The third kappa shape index (κ3) is 9.69. The summed E-state index contributed by atoms with van der Waals surface area (Å²) >= 11 is 0. The minimum Gasteiger partial charge on any atom is -0.427 e. The lowest BCUT2D eigenvalue weighted by Crippen LogP contribution is -2.29. The zero-order valence-electron chi connectivity index (χ0n) is 24.1. The Hall–Kier alpha value is -2.85. The molecule has 4 heteroatoms. The monoisotopic (exact) mass is 528 g/mol. The number of hydrogen-bond donors (Lipinski definition) is 1. The molecular formula is C35H48N2O2. The number of nitrogens with zero attached hydrogens (tertiary/aromatic N) is 1. The number of nitrogens with one attached hydrogen (secondary N) is 1. The number of carbonyl (C=O) groups excluding carboxylic acids is 1. The van der Waals surface area contributed by atoms with E-state index in [1.807, 2.05) is 18.2 Å². The van der Waals surface area contributed by atoms with Crippen molar-refractivity contribution in [3.05, 3.63) is 71.9 Å². The molecule has 0 fully saturated rings. The molecule has 0 bridgehead atoms. The Balaban J connectivity index is 1.14. The molecule has 1 aliphatic heterocycles. The Bertz CT molecular complexity index is 1160. The zero-order chi connectivity index (χ0) is 27.1. The van der Waals surface area contributed by atoms with Crippen molar-refractivity contribution in [2.45, 2.75) is 96.8 Å². The van der Waals surface area contributed by atoms with Gasteiger partial charge in [0.2, 0.25) is 0 Å². The van der Waals surface area contributed by atoms with Gasteiger partial charge in [-0.1, -0.05) is 94.7 Å². The van der Waals surface area contributed by atoms with Crippen molar-refractivity contribution >= 4 is 22.4 Å². The summed E-state index contributed by atoms with van der Waals surface area (Å²) in [5, 5.41) is 1.18. The molecule has 210 valence electrons. The van der Waals surface area contributed by atoms with Crippen molar-refractivity contribution in [1.29, 1.82) is 0 Å². The molecular weight excluding hydrogens is 480 g/mol. The highest BCUT2D eigenvalue weighted by molar-refractivity contribution is 5.85. The van der Waals surface area contributed by atoms with Gasteiger partial charge in [0.25, 0.3) is 0 Å². The summed E-state index contributed by atoms with van der Waals surface area (Å²) < 4.78 is 5.70. The van der Waals surface area contributed by atoms with E-state index in [0.717, 1.165) is 57.3 Å². The Labute approximate surface area is 235 Å². The molecule has 4 rings (SSSR count). The minimum atomic E-state index is -0.111. The second-order valence-electron chi connectivity index (χ2n) is 11.2. The molecule has 1 N–H and O–H groups in total. The maximum absolute atomic E-state index is 12.4. The lowest BCUT2D eigenvalue weighted by molar-refractivity contribution is -0.134. The molecule has 0 radical (unpaired) electrons. The fourth-order valence-electron chi connectivity index (χ4n) is 5.67. The number of benzene rings is 2. The molecule has 1 aliphatic rings. The maximum Gasteiger partial charge on any atom is 0.311 e. The van der Waals surface area contributed by atoms with Gasteiger partial charge in [-0.05, 0) is 73.5 Å². The van der Waals surface area contributed by atoms with Gasteiger partial charge in [0, 0.05) is 36.6 Å². The quantitative estimate of drug-likeness (QED) is 0.108. The minimum absolute atomic E-state index is 0.111. The van der Waals surface area contributed by atoms with Crippen LogP contribution in [0.4, 0.5) is 0 Å². The molecule has 0 unspecified atom stereocenters.